The molecule has 146 valence electrons. The number of aromatic nitrogens is 2. The monoisotopic (exact) mass is 387 g/mol. The minimum atomic E-state index is -4.39. The molecular formula is C21H20F3N3O. The molecule has 0 bridgehead atoms. The van der Waals surface area contributed by atoms with Crippen molar-refractivity contribution in [2.24, 2.45) is 5.92 Å². The first kappa shape index (κ1) is 18.7. The summed E-state index contributed by atoms with van der Waals surface area (Å²) in [5.74, 6) is 0.543. The number of likely N-dealkylation sites (tertiary alicyclic amines) is 1. The molecule has 0 amide bonds. The molecule has 4 nitrogen and oxygen atoms in total. The molecule has 1 atom stereocenters. The van der Waals surface area contributed by atoms with Crippen molar-refractivity contribution < 1.29 is 18.0 Å². The number of alkyl halides is 3. The highest BCUT2D eigenvalue weighted by atomic mass is 19.4. The first-order valence-corrected chi connectivity index (χ1v) is 9.27. The minimum Gasteiger partial charge on any atom is -0.341 e. The van der Waals surface area contributed by atoms with E-state index in [4.69, 9.17) is 0 Å². The van der Waals surface area contributed by atoms with E-state index in [0.717, 1.165) is 48.4 Å². The lowest BCUT2D eigenvalue weighted by Crippen LogP contribution is -2.38. The summed E-state index contributed by atoms with van der Waals surface area (Å²) < 4.78 is 38.1. The zero-order chi connectivity index (χ0) is 19.7. The van der Waals surface area contributed by atoms with E-state index in [0.29, 0.717) is 18.7 Å². The van der Waals surface area contributed by atoms with Crippen molar-refractivity contribution in [1.82, 2.24) is 14.9 Å². The van der Waals surface area contributed by atoms with Gasteiger partial charge in [0.05, 0.1) is 23.1 Å². The Bertz CT molecular complexity index is 945. The number of hydrogen-bond acceptors (Lipinski definition) is 3. The number of imidazole rings is 1. The van der Waals surface area contributed by atoms with Crippen LogP contribution >= 0.6 is 0 Å². The van der Waals surface area contributed by atoms with Gasteiger partial charge in [0.15, 0.2) is 5.78 Å². The Morgan fingerprint density at radius 1 is 1.14 bits per heavy atom. The Balaban J connectivity index is 1.43. The molecule has 3 aromatic rings. The Morgan fingerprint density at radius 3 is 2.61 bits per heavy atom. The van der Waals surface area contributed by atoms with E-state index in [1.165, 1.54) is 12.1 Å². The van der Waals surface area contributed by atoms with Crippen LogP contribution in [0.4, 0.5) is 13.2 Å². The molecule has 4 rings (SSSR count). The molecule has 1 N–H and O–H groups in total. The number of ketones is 1. The van der Waals surface area contributed by atoms with Gasteiger partial charge in [0.1, 0.15) is 5.82 Å². The molecule has 2 aromatic carbocycles. The van der Waals surface area contributed by atoms with Gasteiger partial charge in [0.25, 0.3) is 0 Å². The third kappa shape index (κ3) is 3.94. The highest BCUT2D eigenvalue weighted by Gasteiger charge is 2.31. The normalized spacial score (nSPS) is 18.5. The minimum absolute atomic E-state index is 0.0944. The van der Waals surface area contributed by atoms with Crippen molar-refractivity contribution in [1.29, 1.82) is 0 Å². The summed E-state index contributed by atoms with van der Waals surface area (Å²) in [7, 11) is 0. The number of benzene rings is 2. The van der Waals surface area contributed by atoms with Gasteiger partial charge in [-0.1, -0.05) is 24.3 Å². The topological polar surface area (TPSA) is 49.0 Å². The fraction of sp³-hybridized carbons (Fsp3) is 0.333. The van der Waals surface area contributed by atoms with Crippen molar-refractivity contribution >= 4 is 16.8 Å². The van der Waals surface area contributed by atoms with E-state index in [1.807, 2.05) is 24.3 Å². The zero-order valence-corrected chi connectivity index (χ0v) is 15.2. The smallest absolute Gasteiger partial charge is 0.341 e. The van der Waals surface area contributed by atoms with Crippen LogP contribution in [0.15, 0.2) is 48.5 Å². The van der Waals surface area contributed by atoms with E-state index in [2.05, 4.69) is 14.9 Å². The van der Waals surface area contributed by atoms with Crippen LogP contribution in [-0.2, 0) is 12.7 Å². The van der Waals surface area contributed by atoms with Gasteiger partial charge in [0.2, 0.25) is 0 Å². The second-order valence-electron chi connectivity index (χ2n) is 7.21. The number of rotatable bonds is 4. The third-order valence-electron chi connectivity index (χ3n) is 5.18. The second kappa shape index (κ2) is 7.39. The number of H-pyrrole nitrogens is 1. The molecule has 0 radical (unpaired) electrons. The standard InChI is InChI=1S/C21H20F3N3O/c22-21(23,24)16-9-7-14(8-10-16)20(28)15-4-3-11-27(12-15)13-19-25-17-5-1-2-6-18(17)26-19/h1-2,5-10,15H,3-4,11-13H2,(H,25,26). The highest BCUT2D eigenvalue weighted by molar-refractivity contribution is 5.98. The molecule has 1 aromatic heterocycles. The molecule has 2 heterocycles. The summed E-state index contributed by atoms with van der Waals surface area (Å²) in [6.45, 7) is 2.07. The summed E-state index contributed by atoms with van der Waals surface area (Å²) >= 11 is 0. The summed E-state index contributed by atoms with van der Waals surface area (Å²) in [5.41, 5.74) is 1.49. The number of nitrogens with zero attached hydrogens (tertiary/aromatic N) is 2. The predicted octanol–water partition coefficient (Wildman–Crippen LogP) is 4.68. The Morgan fingerprint density at radius 2 is 1.89 bits per heavy atom. The zero-order valence-electron chi connectivity index (χ0n) is 15.2. The maximum Gasteiger partial charge on any atom is 0.416 e. The van der Waals surface area contributed by atoms with Crippen LogP contribution in [0, 0.1) is 5.92 Å². The van der Waals surface area contributed by atoms with Gasteiger partial charge in [0, 0.05) is 18.0 Å². The molecule has 0 aliphatic carbocycles. The first-order chi connectivity index (χ1) is 13.4. The van der Waals surface area contributed by atoms with Gasteiger partial charge >= 0.3 is 6.18 Å². The van der Waals surface area contributed by atoms with Crippen LogP contribution in [-0.4, -0.2) is 33.7 Å². The number of fused-ring (bicyclic) bond motifs is 1. The average Bonchev–Trinajstić information content (AvgIpc) is 3.09. The third-order valence-corrected chi connectivity index (χ3v) is 5.18. The number of para-hydroxylation sites is 2. The van der Waals surface area contributed by atoms with Crippen molar-refractivity contribution in [3.8, 4) is 0 Å². The van der Waals surface area contributed by atoms with Crippen molar-refractivity contribution in [2.75, 3.05) is 13.1 Å². The van der Waals surface area contributed by atoms with Crippen LogP contribution in [0.5, 0.6) is 0 Å². The van der Waals surface area contributed by atoms with E-state index < -0.39 is 11.7 Å². The predicted molar refractivity (Wildman–Crippen MR) is 99.9 cm³/mol. The maximum absolute atomic E-state index is 12.8. The van der Waals surface area contributed by atoms with E-state index >= 15 is 0 Å². The van der Waals surface area contributed by atoms with E-state index in [-0.39, 0.29) is 11.7 Å². The van der Waals surface area contributed by atoms with Crippen LogP contribution in [0.2, 0.25) is 0 Å². The fourth-order valence-electron chi connectivity index (χ4n) is 3.76. The van der Waals surface area contributed by atoms with Gasteiger partial charge in [-0.15, -0.1) is 0 Å². The van der Waals surface area contributed by atoms with Crippen LogP contribution < -0.4 is 0 Å². The molecule has 1 saturated heterocycles. The molecule has 0 saturated carbocycles. The molecule has 0 spiro atoms. The molecule has 1 unspecified atom stereocenters. The summed E-state index contributed by atoms with van der Waals surface area (Å²) in [6.07, 6.45) is -2.77. The number of piperidine rings is 1. The fourth-order valence-corrected chi connectivity index (χ4v) is 3.76. The van der Waals surface area contributed by atoms with Crippen LogP contribution in [0.1, 0.15) is 34.6 Å². The number of aromatic amines is 1. The number of carbonyl (C=O) groups is 1. The van der Waals surface area contributed by atoms with Gasteiger partial charge in [-0.3, -0.25) is 9.69 Å². The largest absolute Gasteiger partial charge is 0.416 e. The first-order valence-electron chi connectivity index (χ1n) is 9.27. The average molecular weight is 387 g/mol. The molecule has 1 aliphatic rings. The lowest BCUT2D eigenvalue weighted by molar-refractivity contribution is -0.137. The van der Waals surface area contributed by atoms with Crippen molar-refractivity contribution in [3.05, 3.63) is 65.5 Å². The molecule has 1 fully saturated rings. The Labute approximate surface area is 160 Å². The number of Topliss-reactive ketones (excluding diaryl/α,β-unsaturated/α-hetero) is 1. The van der Waals surface area contributed by atoms with Gasteiger partial charge < -0.3 is 4.98 Å². The lowest BCUT2D eigenvalue weighted by atomic mass is 9.89. The molecular weight excluding hydrogens is 367 g/mol. The van der Waals surface area contributed by atoms with E-state index in [1.54, 1.807) is 0 Å². The number of halogens is 3. The molecule has 1 aliphatic heterocycles. The van der Waals surface area contributed by atoms with Gasteiger partial charge in [-0.25, -0.2) is 4.98 Å². The second-order valence-corrected chi connectivity index (χ2v) is 7.21. The maximum atomic E-state index is 12.8. The van der Waals surface area contributed by atoms with Crippen molar-refractivity contribution in [3.63, 3.8) is 0 Å². The lowest BCUT2D eigenvalue weighted by Gasteiger charge is -2.31. The van der Waals surface area contributed by atoms with Crippen LogP contribution in [0.3, 0.4) is 0 Å². The summed E-state index contributed by atoms with van der Waals surface area (Å²) in [6, 6.07) is 12.3. The van der Waals surface area contributed by atoms with Gasteiger partial charge in [-0.2, -0.15) is 13.2 Å². The van der Waals surface area contributed by atoms with E-state index in [9.17, 15) is 18.0 Å². The van der Waals surface area contributed by atoms with Crippen LogP contribution in [0.25, 0.3) is 11.0 Å². The summed E-state index contributed by atoms with van der Waals surface area (Å²) in [4.78, 5) is 22.8. The molecule has 28 heavy (non-hydrogen) atoms. The summed E-state index contributed by atoms with van der Waals surface area (Å²) in [5, 5.41) is 0. The SMILES string of the molecule is O=C(c1ccc(C(F)(F)F)cc1)C1CCCN(Cc2nc3ccccc3[nH]2)C1. The Hall–Kier alpha value is -2.67. The number of hydrogen-bond donors (Lipinski definition) is 1. The van der Waals surface area contributed by atoms with Gasteiger partial charge in [-0.05, 0) is 43.7 Å². The Kier molecular flexibility index (Phi) is 4.93. The van der Waals surface area contributed by atoms with Crippen molar-refractivity contribution in [2.45, 2.75) is 25.6 Å². The quantitative estimate of drug-likeness (QED) is 0.662. The number of carbonyl (C=O) groups excluding carboxylic acids is 1. The molecule has 7 heteroatoms. The number of nitrogens with one attached hydrogen (secondary N) is 1. The highest BCUT2D eigenvalue weighted by Crippen LogP contribution is 2.30.